The van der Waals surface area contributed by atoms with E-state index in [2.05, 4.69) is 20.3 Å². The molecule has 0 fully saturated rings. The van der Waals surface area contributed by atoms with Crippen molar-refractivity contribution in [1.29, 1.82) is 0 Å². The molecule has 0 unspecified atom stereocenters. The molecule has 0 saturated heterocycles. The van der Waals surface area contributed by atoms with Crippen molar-refractivity contribution >= 4 is 27.5 Å². The standard InChI is InChI=1S/C23H23FN4O4S/c1-2-26-33(31,32)21-13-12-19(15-25-21)27-23(30)20(14-16-6-4-3-5-7-16)28-22(29)17-8-10-18(24)11-9-17/h3-13,15,20,26H,2,14H2,1H3,(H,27,30)(H,28,29)/t20-/m0/s1. The number of benzene rings is 2. The van der Waals surface area contributed by atoms with E-state index in [1.165, 1.54) is 30.5 Å². The van der Waals surface area contributed by atoms with Crippen LogP contribution in [0.1, 0.15) is 22.8 Å². The van der Waals surface area contributed by atoms with E-state index in [1.807, 2.05) is 30.3 Å². The lowest BCUT2D eigenvalue weighted by Crippen LogP contribution is -2.45. The highest BCUT2D eigenvalue weighted by atomic mass is 32.2. The molecule has 33 heavy (non-hydrogen) atoms. The number of nitrogens with one attached hydrogen (secondary N) is 3. The molecule has 0 aliphatic carbocycles. The molecular formula is C23H23FN4O4S. The van der Waals surface area contributed by atoms with Gasteiger partial charge < -0.3 is 10.6 Å². The minimum Gasteiger partial charge on any atom is -0.340 e. The molecule has 0 radical (unpaired) electrons. The maximum Gasteiger partial charge on any atom is 0.258 e. The lowest BCUT2D eigenvalue weighted by molar-refractivity contribution is -0.118. The highest BCUT2D eigenvalue weighted by Crippen LogP contribution is 2.13. The number of hydrogen-bond acceptors (Lipinski definition) is 5. The van der Waals surface area contributed by atoms with Crippen LogP contribution in [0.15, 0.2) is 78.0 Å². The summed E-state index contributed by atoms with van der Waals surface area (Å²) >= 11 is 0. The van der Waals surface area contributed by atoms with E-state index in [0.29, 0.717) is 0 Å². The van der Waals surface area contributed by atoms with Crippen molar-refractivity contribution in [2.45, 2.75) is 24.4 Å². The molecular weight excluding hydrogens is 447 g/mol. The van der Waals surface area contributed by atoms with Crippen LogP contribution in [0.5, 0.6) is 0 Å². The summed E-state index contributed by atoms with van der Waals surface area (Å²) in [5, 5.41) is 5.15. The Labute approximate surface area is 191 Å². The lowest BCUT2D eigenvalue weighted by Gasteiger charge is -2.19. The van der Waals surface area contributed by atoms with Crippen molar-refractivity contribution < 1.29 is 22.4 Å². The van der Waals surface area contributed by atoms with Crippen molar-refractivity contribution in [3.63, 3.8) is 0 Å². The Balaban J connectivity index is 1.77. The predicted molar refractivity (Wildman–Crippen MR) is 122 cm³/mol. The van der Waals surface area contributed by atoms with E-state index in [1.54, 1.807) is 6.92 Å². The van der Waals surface area contributed by atoms with E-state index in [9.17, 15) is 22.4 Å². The summed E-state index contributed by atoms with van der Waals surface area (Å²) in [6.07, 6.45) is 1.43. The maximum absolute atomic E-state index is 13.2. The topological polar surface area (TPSA) is 117 Å². The second-order valence-electron chi connectivity index (χ2n) is 7.10. The highest BCUT2D eigenvalue weighted by Gasteiger charge is 2.23. The van der Waals surface area contributed by atoms with E-state index < -0.39 is 33.7 Å². The smallest absolute Gasteiger partial charge is 0.258 e. The summed E-state index contributed by atoms with van der Waals surface area (Å²) in [6, 6.07) is 15.8. The molecule has 0 aliphatic heterocycles. The largest absolute Gasteiger partial charge is 0.340 e. The highest BCUT2D eigenvalue weighted by molar-refractivity contribution is 7.89. The first-order valence-corrected chi connectivity index (χ1v) is 11.6. The Morgan fingerprint density at radius 3 is 2.30 bits per heavy atom. The number of carbonyl (C=O) groups excluding carboxylic acids is 2. The quantitative estimate of drug-likeness (QED) is 0.444. The molecule has 0 aliphatic rings. The van der Waals surface area contributed by atoms with Crippen LogP contribution in [-0.2, 0) is 21.2 Å². The Kier molecular flexibility index (Phi) is 7.86. The summed E-state index contributed by atoms with van der Waals surface area (Å²) < 4.78 is 39.6. The molecule has 3 N–H and O–H groups in total. The molecule has 1 aromatic heterocycles. The SMILES string of the molecule is CCNS(=O)(=O)c1ccc(NC(=O)[C@H](Cc2ccccc2)NC(=O)c2ccc(F)cc2)cn1. The van der Waals surface area contributed by atoms with Crippen molar-refractivity contribution in [3.05, 3.63) is 89.9 Å². The van der Waals surface area contributed by atoms with Gasteiger partial charge in [-0.3, -0.25) is 9.59 Å². The van der Waals surface area contributed by atoms with Gasteiger partial charge >= 0.3 is 0 Å². The molecule has 3 rings (SSSR count). The summed E-state index contributed by atoms with van der Waals surface area (Å²) in [7, 11) is -3.72. The molecule has 2 amide bonds. The number of pyridine rings is 1. The van der Waals surface area contributed by atoms with Gasteiger partial charge in [-0.2, -0.15) is 0 Å². The fourth-order valence-corrected chi connectivity index (χ4v) is 3.98. The number of sulfonamides is 1. The van der Waals surface area contributed by atoms with Gasteiger partial charge in [0.15, 0.2) is 5.03 Å². The first kappa shape index (κ1) is 24.0. The number of anilines is 1. The minimum atomic E-state index is -3.72. The third-order valence-corrected chi connectivity index (χ3v) is 6.09. The van der Waals surface area contributed by atoms with Gasteiger partial charge in [0.25, 0.3) is 15.9 Å². The Morgan fingerprint density at radius 2 is 1.70 bits per heavy atom. The number of hydrogen-bond donors (Lipinski definition) is 3. The van der Waals surface area contributed by atoms with Crippen molar-refractivity contribution in [1.82, 2.24) is 15.0 Å². The third-order valence-electron chi connectivity index (χ3n) is 4.62. The molecule has 0 bridgehead atoms. The molecule has 2 aromatic carbocycles. The van der Waals surface area contributed by atoms with Gasteiger partial charge in [-0.25, -0.2) is 22.5 Å². The van der Waals surface area contributed by atoms with Crippen LogP contribution in [-0.4, -0.2) is 37.8 Å². The summed E-state index contributed by atoms with van der Waals surface area (Å²) in [5.74, 6) is -1.52. The molecule has 10 heteroatoms. The van der Waals surface area contributed by atoms with Crippen LogP contribution in [0.4, 0.5) is 10.1 Å². The fraction of sp³-hybridized carbons (Fsp3) is 0.174. The second kappa shape index (κ2) is 10.8. The average Bonchev–Trinajstić information content (AvgIpc) is 2.80. The van der Waals surface area contributed by atoms with Crippen LogP contribution in [0.25, 0.3) is 0 Å². The van der Waals surface area contributed by atoms with Crippen molar-refractivity contribution in [2.75, 3.05) is 11.9 Å². The summed E-state index contributed by atoms with van der Waals surface area (Å²) in [6.45, 7) is 1.87. The number of amides is 2. The average molecular weight is 471 g/mol. The first-order chi connectivity index (χ1) is 15.8. The fourth-order valence-electron chi connectivity index (χ4n) is 3.01. The van der Waals surface area contributed by atoms with Crippen molar-refractivity contribution in [3.8, 4) is 0 Å². The summed E-state index contributed by atoms with van der Waals surface area (Å²) in [4.78, 5) is 29.5. The molecule has 1 heterocycles. The van der Waals surface area contributed by atoms with Crippen LogP contribution in [0.2, 0.25) is 0 Å². The zero-order valence-electron chi connectivity index (χ0n) is 17.8. The van der Waals surface area contributed by atoms with Crippen LogP contribution in [0.3, 0.4) is 0 Å². The number of rotatable bonds is 9. The minimum absolute atomic E-state index is 0.173. The number of nitrogens with zero attached hydrogens (tertiary/aromatic N) is 1. The number of halogens is 1. The van der Waals surface area contributed by atoms with E-state index in [4.69, 9.17) is 0 Å². The van der Waals surface area contributed by atoms with Gasteiger partial charge in [0.2, 0.25) is 5.91 Å². The first-order valence-electron chi connectivity index (χ1n) is 10.2. The van der Waals surface area contributed by atoms with E-state index in [-0.39, 0.29) is 29.2 Å². The van der Waals surface area contributed by atoms with Gasteiger partial charge in [0.05, 0.1) is 11.9 Å². The zero-order valence-corrected chi connectivity index (χ0v) is 18.6. The van der Waals surface area contributed by atoms with E-state index in [0.717, 1.165) is 17.7 Å². The van der Waals surface area contributed by atoms with Gasteiger partial charge in [0, 0.05) is 18.5 Å². The molecule has 1 atom stereocenters. The van der Waals surface area contributed by atoms with Gasteiger partial charge in [-0.05, 0) is 42.0 Å². The van der Waals surface area contributed by atoms with Crippen LogP contribution >= 0.6 is 0 Å². The Bertz CT molecular complexity index is 1200. The summed E-state index contributed by atoms with van der Waals surface area (Å²) in [5.41, 5.74) is 1.30. The van der Waals surface area contributed by atoms with Crippen LogP contribution < -0.4 is 15.4 Å². The zero-order chi connectivity index (χ0) is 23.8. The normalized spacial score (nSPS) is 12.1. The van der Waals surface area contributed by atoms with E-state index >= 15 is 0 Å². The lowest BCUT2D eigenvalue weighted by atomic mass is 10.0. The monoisotopic (exact) mass is 470 g/mol. The van der Waals surface area contributed by atoms with Gasteiger partial charge in [-0.1, -0.05) is 37.3 Å². The van der Waals surface area contributed by atoms with Gasteiger partial charge in [0.1, 0.15) is 11.9 Å². The molecule has 0 saturated carbocycles. The van der Waals surface area contributed by atoms with Crippen LogP contribution in [0, 0.1) is 5.82 Å². The molecule has 0 spiro atoms. The predicted octanol–water partition coefficient (Wildman–Crippen LogP) is 2.50. The molecule has 172 valence electrons. The third kappa shape index (κ3) is 6.67. The maximum atomic E-state index is 13.2. The van der Waals surface area contributed by atoms with Gasteiger partial charge in [-0.15, -0.1) is 0 Å². The molecule has 8 nitrogen and oxygen atoms in total. The number of carbonyl (C=O) groups is 2. The number of aromatic nitrogens is 1. The molecule has 3 aromatic rings. The van der Waals surface area contributed by atoms with Crippen molar-refractivity contribution in [2.24, 2.45) is 0 Å². The Hall–Kier alpha value is -3.63. The Morgan fingerprint density at radius 1 is 1.00 bits per heavy atom. The second-order valence-corrected chi connectivity index (χ2v) is 8.81.